The van der Waals surface area contributed by atoms with E-state index in [1.165, 1.54) is 25.7 Å². The van der Waals surface area contributed by atoms with Gasteiger partial charge in [0.2, 0.25) is 0 Å². The zero-order valence-corrected chi connectivity index (χ0v) is 10.8. The first-order chi connectivity index (χ1) is 8.81. The van der Waals surface area contributed by atoms with Crippen LogP contribution in [0, 0.1) is 11.8 Å². The van der Waals surface area contributed by atoms with Gasteiger partial charge in [0.05, 0.1) is 6.54 Å². The summed E-state index contributed by atoms with van der Waals surface area (Å²) in [7, 11) is 0. The van der Waals surface area contributed by atoms with E-state index in [0.717, 1.165) is 30.5 Å². The van der Waals surface area contributed by atoms with E-state index in [-0.39, 0.29) is 5.78 Å². The van der Waals surface area contributed by atoms with Crippen LogP contribution in [0.5, 0.6) is 0 Å². The number of ketones is 1. The minimum absolute atomic E-state index is 0.274. The molecular formula is C16H21NO. The topological polar surface area (TPSA) is 20.3 Å². The first-order valence-corrected chi connectivity index (χ1v) is 7.12. The molecule has 1 heterocycles. The Labute approximate surface area is 109 Å². The van der Waals surface area contributed by atoms with Gasteiger partial charge in [0, 0.05) is 18.7 Å². The molecule has 1 aliphatic carbocycles. The van der Waals surface area contributed by atoms with E-state index in [4.69, 9.17) is 0 Å². The number of benzene rings is 1. The maximum Gasteiger partial charge on any atom is 0.176 e. The molecule has 2 unspecified atom stereocenters. The van der Waals surface area contributed by atoms with Crippen LogP contribution in [0.4, 0.5) is 0 Å². The van der Waals surface area contributed by atoms with Crippen LogP contribution in [-0.4, -0.2) is 30.3 Å². The van der Waals surface area contributed by atoms with Gasteiger partial charge in [0.1, 0.15) is 0 Å². The summed E-state index contributed by atoms with van der Waals surface area (Å²) in [6.07, 6.45) is 5.53. The first kappa shape index (κ1) is 11.9. The summed E-state index contributed by atoms with van der Waals surface area (Å²) in [5.41, 5.74) is 0.855. The quantitative estimate of drug-likeness (QED) is 0.761. The molecule has 1 saturated heterocycles. The molecule has 1 aliphatic heterocycles. The van der Waals surface area contributed by atoms with Crippen molar-refractivity contribution in [1.29, 1.82) is 0 Å². The van der Waals surface area contributed by atoms with Gasteiger partial charge in [0.25, 0.3) is 0 Å². The average molecular weight is 243 g/mol. The predicted molar refractivity (Wildman–Crippen MR) is 72.7 cm³/mol. The van der Waals surface area contributed by atoms with E-state index >= 15 is 0 Å². The summed E-state index contributed by atoms with van der Waals surface area (Å²) < 4.78 is 0. The molecule has 2 bridgehead atoms. The van der Waals surface area contributed by atoms with Crippen molar-refractivity contribution >= 4 is 5.78 Å². The van der Waals surface area contributed by atoms with Crippen molar-refractivity contribution < 1.29 is 4.79 Å². The van der Waals surface area contributed by atoms with Gasteiger partial charge < -0.3 is 0 Å². The molecule has 2 nitrogen and oxygen atoms in total. The number of Topliss-reactive ketones (excluding diaryl/α,β-unsaturated/α-hetero) is 1. The van der Waals surface area contributed by atoms with Gasteiger partial charge >= 0.3 is 0 Å². The Hall–Kier alpha value is -1.15. The lowest BCUT2D eigenvalue weighted by atomic mass is 9.78. The Morgan fingerprint density at radius 2 is 1.78 bits per heavy atom. The normalized spacial score (nSPS) is 28.0. The van der Waals surface area contributed by atoms with Crippen LogP contribution in [0.2, 0.25) is 0 Å². The smallest absolute Gasteiger partial charge is 0.176 e. The molecule has 0 amide bonds. The lowest BCUT2D eigenvalue weighted by molar-refractivity contribution is 0.0702. The summed E-state index contributed by atoms with van der Waals surface area (Å²) in [5.74, 6) is 1.97. The highest BCUT2D eigenvalue weighted by molar-refractivity contribution is 5.97. The maximum atomic E-state index is 12.2. The molecule has 2 fully saturated rings. The van der Waals surface area contributed by atoms with E-state index in [1.807, 2.05) is 30.3 Å². The third-order valence-corrected chi connectivity index (χ3v) is 4.39. The molecule has 0 radical (unpaired) electrons. The standard InChI is InChI=1S/C16H21NO/c18-16(15-7-2-1-3-8-15)12-17-10-13-5-4-6-14(9-13)11-17/h1-3,7-8,13-14H,4-6,9-12H2. The van der Waals surface area contributed by atoms with Gasteiger partial charge in [-0.05, 0) is 31.1 Å². The molecule has 0 N–H and O–H groups in total. The molecule has 1 aromatic carbocycles. The molecule has 1 aromatic rings. The van der Waals surface area contributed by atoms with Crippen molar-refractivity contribution in [3.63, 3.8) is 0 Å². The molecule has 2 atom stereocenters. The third-order valence-electron chi connectivity index (χ3n) is 4.39. The highest BCUT2D eigenvalue weighted by Crippen LogP contribution is 2.34. The second-order valence-corrected chi connectivity index (χ2v) is 5.88. The van der Waals surface area contributed by atoms with Gasteiger partial charge in [-0.1, -0.05) is 36.8 Å². The minimum Gasteiger partial charge on any atom is -0.295 e. The highest BCUT2D eigenvalue weighted by Gasteiger charge is 2.31. The maximum absolute atomic E-state index is 12.2. The van der Waals surface area contributed by atoms with E-state index in [9.17, 15) is 4.79 Å². The number of likely N-dealkylation sites (tertiary alicyclic amines) is 1. The fourth-order valence-electron chi connectivity index (χ4n) is 3.59. The minimum atomic E-state index is 0.274. The summed E-state index contributed by atoms with van der Waals surface area (Å²) in [4.78, 5) is 14.6. The lowest BCUT2D eigenvalue weighted by Crippen LogP contribution is -2.44. The molecule has 2 aliphatic rings. The first-order valence-electron chi connectivity index (χ1n) is 7.12. The second-order valence-electron chi connectivity index (χ2n) is 5.88. The number of carbonyl (C=O) groups excluding carboxylic acids is 1. The van der Waals surface area contributed by atoms with Crippen molar-refractivity contribution in [2.24, 2.45) is 11.8 Å². The molecule has 96 valence electrons. The predicted octanol–water partition coefficient (Wildman–Crippen LogP) is 2.99. The van der Waals surface area contributed by atoms with E-state index in [2.05, 4.69) is 4.90 Å². The third kappa shape index (κ3) is 2.64. The summed E-state index contributed by atoms with van der Waals surface area (Å²) in [5, 5.41) is 0. The van der Waals surface area contributed by atoms with Crippen LogP contribution in [0.25, 0.3) is 0 Å². The molecule has 0 spiro atoms. The molecule has 1 saturated carbocycles. The molecule has 3 rings (SSSR count). The number of piperidine rings is 1. The molecule has 18 heavy (non-hydrogen) atoms. The monoisotopic (exact) mass is 243 g/mol. The number of hydrogen-bond acceptors (Lipinski definition) is 2. The van der Waals surface area contributed by atoms with E-state index < -0.39 is 0 Å². The SMILES string of the molecule is O=C(CN1CC2CCCC(C2)C1)c1ccccc1. The van der Waals surface area contributed by atoms with Gasteiger partial charge in [-0.2, -0.15) is 0 Å². The van der Waals surface area contributed by atoms with Crippen molar-refractivity contribution in [1.82, 2.24) is 4.90 Å². The van der Waals surface area contributed by atoms with E-state index in [1.54, 1.807) is 0 Å². The summed E-state index contributed by atoms with van der Waals surface area (Å²) in [6.45, 7) is 2.88. The van der Waals surface area contributed by atoms with Crippen LogP contribution in [0.1, 0.15) is 36.0 Å². The Kier molecular flexibility index (Phi) is 3.46. The fourth-order valence-corrected chi connectivity index (χ4v) is 3.59. The van der Waals surface area contributed by atoms with Crippen molar-refractivity contribution in [2.75, 3.05) is 19.6 Å². The van der Waals surface area contributed by atoms with Crippen LogP contribution in [0.15, 0.2) is 30.3 Å². The van der Waals surface area contributed by atoms with Crippen LogP contribution < -0.4 is 0 Å². The van der Waals surface area contributed by atoms with Gasteiger partial charge in [0.15, 0.2) is 5.78 Å². The van der Waals surface area contributed by atoms with Crippen LogP contribution in [-0.2, 0) is 0 Å². The highest BCUT2D eigenvalue weighted by atomic mass is 16.1. The van der Waals surface area contributed by atoms with Crippen molar-refractivity contribution in [3.8, 4) is 0 Å². The second kappa shape index (κ2) is 5.23. The summed E-state index contributed by atoms with van der Waals surface area (Å²) in [6, 6.07) is 9.69. The van der Waals surface area contributed by atoms with Crippen LogP contribution in [0.3, 0.4) is 0 Å². The Morgan fingerprint density at radius 1 is 1.11 bits per heavy atom. The molecule has 0 aromatic heterocycles. The Balaban J connectivity index is 1.61. The zero-order valence-electron chi connectivity index (χ0n) is 10.8. The summed E-state index contributed by atoms with van der Waals surface area (Å²) >= 11 is 0. The van der Waals surface area contributed by atoms with Gasteiger partial charge in [-0.25, -0.2) is 0 Å². The van der Waals surface area contributed by atoms with Gasteiger partial charge in [-0.15, -0.1) is 0 Å². The number of rotatable bonds is 3. The van der Waals surface area contributed by atoms with Gasteiger partial charge in [-0.3, -0.25) is 9.69 Å². The fraction of sp³-hybridized carbons (Fsp3) is 0.562. The lowest BCUT2D eigenvalue weighted by Gasteiger charge is -2.41. The van der Waals surface area contributed by atoms with Crippen molar-refractivity contribution in [3.05, 3.63) is 35.9 Å². The van der Waals surface area contributed by atoms with E-state index in [0.29, 0.717) is 6.54 Å². The number of fused-ring (bicyclic) bond motifs is 2. The van der Waals surface area contributed by atoms with Crippen LogP contribution >= 0.6 is 0 Å². The number of nitrogens with zero attached hydrogens (tertiary/aromatic N) is 1. The number of hydrogen-bond donors (Lipinski definition) is 0. The van der Waals surface area contributed by atoms with Crippen molar-refractivity contribution in [2.45, 2.75) is 25.7 Å². The largest absolute Gasteiger partial charge is 0.295 e. The molecule has 2 heteroatoms. The average Bonchev–Trinajstić information content (AvgIpc) is 2.39. The zero-order chi connectivity index (χ0) is 12.4. The Morgan fingerprint density at radius 3 is 2.44 bits per heavy atom. The molecular weight excluding hydrogens is 222 g/mol. The number of carbonyl (C=O) groups is 1. The Bertz CT molecular complexity index is 402.